The van der Waals surface area contributed by atoms with E-state index >= 15 is 0 Å². The minimum atomic E-state index is -3.37. The third kappa shape index (κ3) is 3.56. The zero-order valence-corrected chi connectivity index (χ0v) is 13.1. The Kier molecular flexibility index (Phi) is 5.00. The van der Waals surface area contributed by atoms with Crippen LogP contribution in [0.4, 0.5) is 0 Å². The van der Waals surface area contributed by atoms with Crippen molar-refractivity contribution >= 4 is 21.4 Å². The van der Waals surface area contributed by atoms with E-state index in [4.69, 9.17) is 0 Å². The molecule has 108 valence electrons. The van der Waals surface area contributed by atoms with Gasteiger partial charge in [-0.1, -0.05) is 20.3 Å². The highest BCUT2D eigenvalue weighted by molar-refractivity contribution is 7.89. The molecule has 0 amide bonds. The molecule has 0 spiro atoms. The molecule has 2 N–H and O–H groups in total. The summed E-state index contributed by atoms with van der Waals surface area (Å²) in [5.41, 5.74) is 0. The fraction of sp³-hybridized carbons (Fsp3) is 0.692. The number of nitrogens with one attached hydrogen (secondary N) is 2. The van der Waals surface area contributed by atoms with E-state index in [0.29, 0.717) is 17.4 Å². The van der Waals surface area contributed by atoms with E-state index in [2.05, 4.69) is 17.0 Å². The van der Waals surface area contributed by atoms with E-state index in [1.165, 1.54) is 11.3 Å². The summed E-state index contributed by atoms with van der Waals surface area (Å²) < 4.78 is 27.8. The highest BCUT2D eigenvalue weighted by atomic mass is 32.2. The van der Waals surface area contributed by atoms with Crippen molar-refractivity contribution in [3.05, 3.63) is 16.3 Å². The summed E-state index contributed by atoms with van der Waals surface area (Å²) in [5.74, 6) is 0.436. The predicted molar refractivity (Wildman–Crippen MR) is 78.8 cm³/mol. The molecule has 0 aliphatic heterocycles. The topological polar surface area (TPSA) is 58.2 Å². The zero-order valence-electron chi connectivity index (χ0n) is 11.5. The Morgan fingerprint density at radius 2 is 2.21 bits per heavy atom. The molecule has 1 heterocycles. The fourth-order valence-electron chi connectivity index (χ4n) is 2.52. The molecular weight excluding hydrogens is 280 g/mol. The second-order valence-electron chi connectivity index (χ2n) is 5.12. The Morgan fingerprint density at radius 1 is 1.42 bits per heavy atom. The second-order valence-corrected chi connectivity index (χ2v) is 7.81. The Hall–Kier alpha value is -0.430. The SMILES string of the molecule is CCNCc1sccc1S(=O)(=O)NC1CCCC1C. The van der Waals surface area contributed by atoms with Crippen molar-refractivity contribution in [1.82, 2.24) is 10.0 Å². The fourth-order valence-corrected chi connectivity index (χ4v) is 5.31. The predicted octanol–water partition coefficient (Wildman–Crippen LogP) is 2.32. The van der Waals surface area contributed by atoms with Gasteiger partial charge in [-0.15, -0.1) is 11.3 Å². The first-order chi connectivity index (χ1) is 9.04. The third-order valence-corrected chi connectivity index (χ3v) is 6.32. The highest BCUT2D eigenvalue weighted by Gasteiger charge is 2.29. The lowest BCUT2D eigenvalue weighted by Crippen LogP contribution is -2.36. The van der Waals surface area contributed by atoms with Gasteiger partial charge in [0.15, 0.2) is 0 Å². The van der Waals surface area contributed by atoms with Crippen molar-refractivity contribution in [3.63, 3.8) is 0 Å². The van der Waals surface area contributed by atoms with Crippen LogP contribution in [0.25, 0.3) is 0 Å². The third-order valence-electron chi connectivity index (χ3n) is 3.70. The molecule has 2 atom stereocenters. The van der Waals surface area contributed by atoms with Crippen LogP contribution in [0.5, 0.6) is 0 Å². The lowest BCUT2D eigenvalue weighted by molar-refractivity contribution is 0.476. The summed E-state index contributed by atoms with van der Waals surface area (Å²) in [6.45, 7) is 5.59. The number of hydrogen-bond donors (Lipinski definition) is 2. The lowest BCUT2D eigenvalue weighted by Gasteiger charge is -2.17. The Bertz CT molecular complexity index is 510. The molecule has 19 heavy (non-hydrogen) atoms. The van der Waals surface area contributed by atoms with Gasteiger partial charge < -0.3 is 5.32 Å². The largest absolute Gasteiger partial charge is 0.312 e. The summed E-state index contributed by atoms with van der Waals surface area (Å²) >= 11 is 1.49. The van der Waals surface area contributed by atoms with Crippen LogP contribution in [0.15, 0.2) is 16.3 Å². The summed E-state index contributed by atoms with van der Waals surface area (Å²) in [7, 11) is -3.37. The summed E-state index contributed by atoms with van der Waals surface area (Å²) in [5, 5.41) is 5.03. The van der Waals surface area contributed by atoms with E-state index in [-0.39, 0.29) is 6.04 Å². The van der Waals surface area contributed by atoms with Gasteiger partial charge in [-0.2, -0.15) is 0 Å². The van der Waals surface area contributed by atoms with Gasteiger partial charge in [-0.3, -0.25) is 0 Å². The average Bonchev–Trinajstić information content (AvgIpc) is 2.96. The molecule has 4 nitrogen and oxygen atoms in total. The van der Waals surface area contributed by atoms with Gasteiger partial charge in [0.2, 0.25) is 10.0 Å². The molecule has 2 rings (SSSR count). The zero-order chi connectivity index (χ0) is 13.9. The van der Waals surface area contributed by atoms with Crippen molar-refractivity contribution in [2.24, 2.45) is 5.92 Å². The molecule has 0 radical (unpaired) electrons. The second kappa shape index (κ2) is 6.35. The van der Waals surface area contributed by atoms with Crippen LogP contribution in [-0.2, 0) is 16.6 Å². The summed E-state index contributed by atoms with van der Waals surface area (Å²) in [6.07, 6.45) is 3.18. The van der Waals surface area contributed by atoms with Crippen LogP contribution in [0, 0.1) is 5.92 Å². The van der Waals surface area contributed by atoms with Crippen LogP contribution in [0.1, 0.15) is 38.0 Å². The molecule has 1 fully saturated rings. The van der Waals surface area contributed by atoms with Gasteiger partial charge in [-0.05, 0) is 36.8 Å². The van der Waals surface area contributed by atoms with E-state index in [9.17, 15) is 8.42 Å². The van der Waals surface area contributed by atoms with E-state index < -0.39 is 10.0 Å². The van der Waals surface area contributed by atoms with Gasteiger partial charge in [0, 0.05) is 17.5 Å². The van der Waals surface area contributed by atoms with E-state index in [1.807, 2.05) is 12.3 Å². The smallest absolute Gasteiger partial charge is 0.241 e. The van der Waals surface area contributed by atoms with E-state index in [1.54, 1.807) is 6.07 Å². The van der Waals surface area contributed by atoms with Gasteiger partial charge in [0.25, 0.3) is 0 Å². The minimum Gasteiger partial charge on any atom is -0.312 e. The number of thiophene rings is 1. The molecule has 1 aromatic rings. The molecule has 0 aromatic carbocycles. The average molecular weight is 302 g/mol. The van der Waals surface area contributed by atoms with Crippen molar-refractivity contribution < 1.29 is 8.42 Å². The molecule has 1 aliphatic carbocycles. The normalized spacial score (nSPS) is 23.9. The van der Waals surface area contributed by atoms with Gasteiger partial charge in [-0.25, -0.2) is 13.1 Å². The number of sulfonamides is 1. The van der Waals surface area contributed by atoms with Crippen molar-refractivity contribution in [2.45, 2.75) is 50.6 Å². The Morgan fingerprint density at radius 3 is 2.84 bits per heavy atom. The first kappa shape index (κ1) is 15.0. The van der Waals surface area contributed by atoms with Crippen molar-refractivity contribution in [3.8, 4) is 0 Å². The van der Waals surface area contributed by atoms with Crippen LogP contribution < -0.4 is 10.0 Å². The van der Waals surface area contributed by atoms with Gasteiger partial charge >= 0.3 is 0 Å². The molecule has 0 saturated heterocycles. The maximum Gasteiger partial charge on any atom is 0.241 e. The van der Waals surface area contributed by atoms with E-state index in [0.717, 1.165) is 30.7 Å². The van der Waals surface area contributed by atoms with Gasteiger partial charge in [0.05, 0.1) is 4.90 Å². The Labute approximate surface area is 119 Å². The molecule has 2 unspecified atom stereocenters. The van der Waals surface area contributed by atoms with Crippen molar-refractivity contribution in [1.29, 1.82) is 0 Å². The molecule has 0 bridgehead atoms. The highest BCUT2D eigenvalue weighted by Crippen LogP contribution is 2.28. The minimum absolute atomic E-state index is 0.0943. The molecule has 6 heteroatoms. The van der Waals surface area contributed by atoms with Crippen LogP contribution in [-0.4, -0.2) is 21.0 Å². The first-order valence-corrected chi connectivity index (χ1v) is 9.20. The van der Waals surface area contributed by atoms with Crippen LogP contribution >= 0.6 is 11.3 Å². The van der Waals surface area contributed by atoms with Crippen LogP contribution in [0.3, 0.4) is 0 Å². The maximum atomic E-state index is 12.4. The van der Waals surface area contributed by atoms with Crippen molar-refractivity contribution in [2.75, 3.05) is 6.54 Å². The standard InChI is InChI=1S/C13H22N2O2S2/c1-3-14-9-12-13(7-8-18-12)19(16,17)15-11-6-4-5-10(11)2/h7-8,10-11,14-15H,3-6,9H2,1-2H3. The lowest BCUT2D eigenvalue weighted by atomic mass is 10.1. The molecule has 1 aromatic heterocycles. The quantitative estimate of drug-likeness (QED) is 0.848. The number of rotatable bonds is 6. The molecular formula is C13H22N2O2S2. The summed E-state index contributed by atoms with van der Waals surface area (Å²) in [6, 6.07) is 1.80. The van der Waals surface area contributed by atoms with Gasteiger partial charge in [0.1, 0.15) is 0 Å². The first-order valence-electron chi connectivity index (χ1n) is 6.84. The summed E-state index contributed by atoms with van der Waals surface area (Å²) in [4.78, 5) is 1.33. The molecule has 1 saturated carbocycles. The number of hydrogen-bond acceptors (Lipinski definition) is 4. The maximum absolute atomic E-state index is 12.4. The molecule has 1 aliphatic rings. The monoisotopic (exact) mass is 302 g/mol. The Balaban J connectivity index is 2.12. The van der Waals surface area contributed by atoms with Crippen LogP contribution in [0.2, 0.25) is 0 Å².